The summed E-state index contributed by atoms with van der Waals surface area (Å²) in [7, 11) is -3.60. The summed E-state index contributed by atoms with van der Waals surface area (Å²) in [6.45, 7) is 3.87. The molecule has 1 fully saturated rings. The largest absolute Gasteiger partial charge is 0.352 e. The van der Waals surface area contributed by atoms with Gasteiger partial charge < -0.3 is 10.2 Å². The van der Waals surface area contributed by atoms with Crippen LogP contribution < -0.4 is 10.2 Å². The Morgan fingerprint density at radius 1 is 0.964 bits per heavy atom. The molecule has 1 amide bonds. The van der Waals surface area contributed by atoms with Crippen LogP contribution in [0.4, 0.5) is 4.39 Å². The highest BCUT2D eigenvalue weighted by Gasteiger charge is 2.17. The zero-order chi connectivity index (χ0) is 20.0. The van der Waals surface area contributed by atoms with Gasteiger partial charge in [-0.25, -0.2) is 12.8 Å². The molecule has 2 aromatic carbocycles. The van der Waals surface area contributed by atoms with Crippen molar-refractivity contribution in [2.75, 3.05) is 18.8 Å². The summed E-state index contributed by atoms with van der Waals surface area (Å²) in [5.41, 5.74) is 2.27. The Kier molecular flexibility index (Phi) is 6.80. The molecular weight excluding hydrogens is 379 g/mol. The van der Waals surface area contributed by atoms with Gasteiger partial charge in [0.15, 0.2) is 9.84 Å². The third-order valence-corrected chi connectivity index (χ3v) is 6.78. The molecule has 0 aromatic heterocycles. The average Bonchev–Trinajstić information content (AvgIpc) is 3.19. The molecule has 28 heavy (non-hydrogen) atoms. The molecule has 0 saturated carbocycles. The highest BCUT2D eigenvalue weighted by Crippen LogP contribution is 2.13. The molecule has 0 spiro atoms. The SMILES string of the molecule is O=C(CCS(=O)(=O)c1ccc(F)cc1)NCc1ccc(C[NH+]2CCCC2)cc1. The second kappa shape index (κ2) is 9.30. The molecule has 0 bridgehead atoms. The van der Waals surface area contributed by atoms with Crippen molar-refractivity contribution < 1.29 is 22.5 Å². The minimum atomic E-state index is -3.60. The lowest BCUT2D eigenvalue weighted by Crippen LogP contribution is -3.08. The van der Waals surface area contributed by atoms with Crippen LogP contribution in [0.1, 0.15) is 30.4 Å². The number of hydrogen-bond donors (Lipinski definition) is 2. The van der Waals surface area contributed by atoms with Gasteiger partial charge in [-0.15, -0.1) is 0 Å². The fraction of sp³-hybridized carbons (Fsp3) is 0.381. The number of rotatable bonds is 8. The summed E-state index contributed by atoms with van der Waals surface area (Å²) in [6, 6.07) is 12.8. The number of nitrogens with one attached hydrogen (secondary N) is 2. The number of benzene rings is 2. The van der Waals surface area contributed by atoms with Gasteiger partial charge in [0.25, 0.3) is 0 Å². The first-order valence-electron chi connectivity index (χ1n) is 9.59. The molecule has 2 aromatic rings. The van der Waals surface area contributed by atoms with E-state index in [4.69, 9.17) is 0 Å². The zero-order valence-corrected chi connectivity index (χ0v) is 16.6. The lowest BCUT2D eigenvalue weighted by molar-refractivity contribution is -0.901. The highest BCUT2D eigenvalue weighted by atomic mass is 32.2. The quantitative estimate of drug-likeness (QED) is 0.654. The summed E-state index contributed by atoms with van der Waals surface area (Å²) in [4.78, 5) is 13.6. The molecule has 2 N–H and O–H groups in total. The number of hydrogen-bond acceptors (Lipinski definition) is 3. The summed E-state index contributed by atoms with van der Waals surface area (Å²) in [5, 5.41) is 2.76. The summed E-state index contributed by atoms with van der Waals surface area (Å²) < 4.78 is 37.3. The van der Waals surface area contributed by atoms with Crippen LogP contribution >= 0.6 is 0 Å². The first kappa shape index (κ1) is 20.5. The van der Waals surface area contributed by atoms with E-state index in [1.54, 1.807) is 4.90 Å². The number of likely N-dealkylation sites (tertiary alicyclic amines) is 1. The van der Waals surface area contributed by atoms with Gasteiger partial charge in [-0.3, -0.25) is 4.79 Å². The Morgan fingerprint density at radius 3 is 2.21 bits per heavy atom. The van der Waals surface area contributed by atoms with Crippen LogP contribution in [-0.4, -0.2) is 33.2 Å². The smallest absolute Gasteiger partial charge is 0.221 e. The van der Waals surface area contributed by atoms with E-state index in [1.165, 1.54) is 43.6 Å². The molecule has 0 radical (unpaired) electrons. The summed E-state index contributed by atoms with van der Waals surface area (Å²) in [5.74, 6) is -1.12. The lowest BCUT2D eigenvalue weighted by Gasteiger charge is -2.12. The van der Waals surface area contributed by atoms with Gasteiger partial charge in [-0.2, -0.15) is 0 Å². The van der Waals surface area contributed by atoms with Crippen LogP contribution in [0.15, 0.2) is 53.4 Å². The number of carbonyl (C=O) groups is 1. The summed E-state index contributed by atoms with van der Waals surface area (Å²) in [6.07, 6.45) is 2.47. The number of amides is 1. The first-order valence-corrected chi connectivity index (χ1v) is 11.2. The molecule has 0 aliphatic carbocycles. The molecule has 5 nitrogen and oxygen atoms in total. The molecule has 0 unspecified atom stereocenters. The highest BCUT2D eigenvalue weighted by molar-refractivity contribution is 7.91. The number of sulfone groups is 1. The van der Waals surface area contributed by atoms with Gasteiger partial charge in [0, 0.05) is 31.4 Å². The first-order chi connectivity index (χ1) is 13.4. The Bertz CT molecular complexity index is 890. The van der Waals surface area contributed by atoms with Crippen LogP contribution in [0.25, 0.3) is 0 Å². The maximum Gasteiger partial charge on any atom is 0.221 e. The number of halogens is 1. The third-order valence-electron chi connectivity index (χ3n) is 5.05. The van der Waals surface area contributed by atoms with E-state index < -0.39 is 15.7 Å². The van der Waals surface area contributed by atoms with Crippen LogP contribution in [0.5, 0.6) is 0 Å². The fourth-order valence-corrected chi connectivity index (χ4v) is 4.63. The van der Waals surface area contributed by atoms with Gasteiger partial charge in [0.05, 0.1) is 23.7 Å². The number of quaternary nitrogens is 1. The van der Waals surface area contributed by atoms with E-state index >= 15 is 0 Å². The Labute approximate surface area is 165 Å². The van der Waals surface area contributed by atoms with E-state index in [0.29, 0.717) is 6.54 Å². The van der Waals surface area contributed by atoms with Crippen molar-refractivity contribution in [2.45, 2.75) is 37.2 Å². The molecule has 1 saturated heterocycles. The maximum atomic E-state index is 12.9. The van der Waals surface area contributed by atoms with Gasteiger partial charge in [0.1, 0.15) is 12.4 Å². The van der Waals surface area contributed by atoms with Crippen LogP contribution in [0.2, 0.25) is 0 Å². The van der Waals surface area contributed by atoms with Gasteiger partial charge in [-0.05, 0) is 29.8 Å². The van der Waals surface area contributed by atoms with Gasteiger partial charge >= 0.3 is 0 Å². The predicted molar refractivity (Wildman–Crippen MR) is 105 cm³/mol. The molecule has 7 heteroatoms. The molecule has 150 valence electrons. The second-order valence-electron chi connectivity index (χ2n) is 7.25. The third kappa shape index (κ3) is 5.87. The zero-order valence-electron chi connectivity index (χ0n) is 15.8. The Balaban J connectivity index is 1.44. The topological polar surface area (TPSA) is 67.7 Å². The Hall–Kier alpha value is -2.25. The van der Waals surface area contributed by atoms with E-state index in [2.05, 4.69) is 17.4 Å². The second-order valence-corrected chi connectivity index (χ2v) is 9.36. The maximum absolute atomic E-state index is 12.9. The van der Waals surface area contributed by atoms with E-state index in [0.717, 1.165) is 24.2 Å². The summed E-state index contributed by atoms with van der Waals surface area (Å²) >= 11 is 0. The average molecular weight is 406 g/mol. The lowest BCUT2D eigenvalue weighted by atomic mass is 10.1. The van der Waals surface area contributed by atoms with Crippen LogP contribution in [0.3, 0.4) is 0 Å². The van der Waals surface area contributed by atoms with Gasteiger partial charge in [0.2, 0.25) is 5.91 Å². The van der Waals surface area contributed by atoms with Crippen molar-refractivity contribution in [2.24, 2.45) is 0 Å². The van der Waals surface area contributed by atoms with E-state index in [-0.39, 0.29) is 23.0 Å². The van der Waals surface area contributed by atoms with Crippen molar-refractivity contribution in [3.8, 4) is 0 Å². The monoisotopic (exact) mass is 405 g/mol. The van der Waals surface area contributed by atoms with Crippen LogP contribution in [-0.2, 0) is 27.7 Å². The Morgan fingerprint density at radius 2 is 1.57 bits per heavy atom. The minimum Gasteiger partial charge on any atom is -0.352 e. The normalized spacial score (nSPS) is 14.9. The van der Waals surface area contributed by atoms with Crippen molar-refractivity contribution >= 4 is 15.7 Å². The van der Waals surface area contributed by atoms with Gasteiger partial charge in [-0.1, -0.05) is 24.3 Å². The van der Waals surface area contributed by atoms with Crippen molar-refractivity contribution in [3.63, 3.8) is 0 Å². The van der Waals surface area contributed by atoms with Crippen LogP contribution in [0, 0.1) is 5.82 Å². The molecule has 1 aliphatic heterocycles. The van der Waals surface area contributed by atoms with Crippen molar-refractivity contribution in [3.05, 3.63) is 65.5 Å². The molecular formula is C21H26FN2O3S+. The predicted octanol–water partition coefficient (Wildman–Crippen LogP) is 1.48. The minimum absolute atomic E-state index is 0.0254. The molecule has 0 atom stereocenters. The van der Waals surface area contributed by atoms with E-state index in [9.17, 15) is 17.6 Å². The molecule has 1 heterocycles. The number of carbonyl (C=O) groups excluding carboxylic acids is 1. The fourth-order valence-electron chi connectivity index (χ4n) is 3.39. The standard InChI is InChI=1S/C21H25FN2O3S/c22-19-7-9-20(10-8-19)28(26,27)14-11-21(25)23-15-17-3-5-18(6-4-17)16-24-12-1-2-13-24/h3-10H,1-2,11-16H2,(H,23,25)/p+1. The molecule has 1 aliphatic rings. The van der Waals surface area contributed by atoms with E-state index in [1.807, 2.05) is 12.1 Å². The van der Waals surface area contributed by atoms with Crippen molar-refractivity contribution in [1.29, 1.82) is 0 Å². The van der Waals surface area contributed by atoms with Crippen molar-refractivity contribution in [1.82, 2.24) is 5.32 Å². The molecule has 3 rings (SSSR count).